The summed E-state index contributed by atoms with van der Waals surface area (Å²) in [7, 11) is 0. The second kappa shape index (κ2) is 9.24. The molecule has 3 saturated carbocycles. The first-order valence-electron chi connectivity index (χ1n) is 12.1. The van der Waals surface area contributed by atoms with Crippen molar-refractivity contribution in [2.24, 2.45) is 23.2 Å². The predicted molar refractivity (Wildman–Crippen MR) is 120 cm³/mol. The van der Waals surface area contributed by atoms with E-state index in [0.717, 1.165) is 18.8 Å². The SMILES string of the molecule is C[C@H](CCCC(C)(C)O)C1CC[C@H]2C(=CC=C3C[C@@H](O)C[C@H](O)C3)CCC[C@]12C. The van der Waals surface area contributed by atoms with Crippen molar-refractivity contribution in [3.63, 3.8) is 0 Å². The fourth-order valence-electron chi connectivity index (χ4n) is 6.80. The van der Waals surface area contributed by atoms with Gasteiger partial charge < -0.3 is 15.3 Å². The molecule has 0 radical (unpaired) electrons. The normalized spacial score (nSPS) is 38.2. The molecule has 3 rings (SSSR count). The Bertz CT molecular complexity index is 602. The maximum Gasteiger partial charge on any atom is 0.0602 e. The highest BCUT2D eigenvalue weighted by Crippen LogP contribution is 2.59. The molecule has 0 aliphatic heterocycles. The average Bonchev–Trinajstić information content (AvgIpc) is 2.95. The molecule has 1 unspecified atom stereocenters. The lowest BCUT2D eigenvalue weighted by Crippen LogP contribution is -2.36. The highest BCUT2D eigenvalue weighted by molar-refractivity contribution is 5.26. The van der Waals surface area contributed by atoms with Crippen molar-refractivity contribution in [1.82, 2.24) is 0 Å². The molecule has 0 bridgehead atoms. The van der Waals surface area contributed by atoms with Crippen LogP contribution in [0, 0.1) is 23.2 Å². The van der Waals surface area contributed by atoms with Crippen LogP contribution in [0.3, 0.4) is 0 Å². The number of fused-ring (bicyclic) bond motifs is 1. The predicted octanol–water partition coefficient (Wildman–Crippen LogP) is 5.54. The zero-order chi connectivity index (χ0) is 21.2. The highest BCUT2D eigenvalue weighted by Gasteiger charge is 2.50. The highest BCUT2D eigenvalue weighted by atomic mass is 16.3. The second-order valence-corrected chi connectivity index (χ2v) is 11.3. The third-order valence-electron chi connectivity index (χ3n) is 8.25. The summed E-state index contributed by atoms with van der Waals surface area (Å²) in [6.07, 6.45) is 15.4. The van der Waals surface area contributed by atoms with Crippen molar-refractivity contribution in [1.29, 1.82) is 0 Å². The van der Waals surface area contributed by atoms with Crippen LogP contribution in [-0.2, 0) is 0 Å². The van der Waals surface area contributed by atoms with Crippen LogP contribution in [0.5, 0.6) is 0 Å². The van der Waals surface area contributed by atoms with E-state index in [9.17, 15) is 15.3 Å². The number of aliphatic hydroxyl groups excluding tert-OH is 2. The number of hydrogen-bond acceptors (Lipinski definition) is 3. The Morgan fingerprint density at radius 2 is 1.83 bits per heavy atom. The van der Waals surface area contributed by atoms with Gasteiger partial charge in [-0.05, 0) is 94.8 Å². The molecule has 0 amide bonds. The van der Waals surface area contributed by atoms with E-state index in [1.165, 1.54) is 44.1 Å². The topological polar surface area (TPSA) is 60.7 Å². The summed E-state index contributed by atoms with van der Waals surface area (Å²) in [6, 6.07) is 0. The largest absolute Gasteiger partial charge is 0.393 e. The summed E-state index contributed by atoms with van der Waals surface area (Å²) in [5.41, 5.74) is 2.66. The third-order valence-corrected chi connectivity index (χ3v) is 8.25. The molecular weight excluding hydrogens is 360 g/mol. The van der Waals surface area contributed by atoms with Gasteiger partial charge in [0.2, 0.25) is 0 Å². The maximum atomic E-state index is 10.0. The van der Waals surface area contributed by atoms with E-state index in [1.807, 2.05) is 13.8 Å². The van der Waals surface area contributed by atoms with Crippen LogP contribution < -0.4 is 0 Å². The minimum absolute atomic E-state index is 0.388. The lowest BCUT2D eigenvalue weighted by atomic mass is 9.60. The van der Waals surface area contributed by atoms with Crippen molar-refractivity contribution in [3.05, 3.63) is 23.3 Å². The van der Waals surface area contributed by atoms with E-state index >= 15 is 0 Å². The lowest BCUT2D eigenvalue weighted by Gasteiger charge is -2.44. The van der Waals surface area contributed by atoms with Crippen molar-refractivity contribution >= 4 is 0 Å². The molecule has 3 aliphatic carbocycles. The Morgan fingerprint density at radius 1 is 1.14 bits per heavy atom. The standard InChI is InChI=1S/C26H44O3/c1-18(7-5-13-25(2,3)29)23-11-12-24-20(8-6-14-26(23,24)4)10-9-19-15-21(27)17-22(28)16-19/h9-10,18,21-24,27-29H,5-8,11-17H2,1-4H3/t18-,21-,22-,23?,24+,26-/m1/s1. The summed E-state index contributed by atoms with van der Waals surface area (Å²) >= 11 is 0. The third kappa shape index (κ3) is 5.74. The molecule has 3 N–H and O–H groups in total. The smallest absolute Gasteiger partial charge is 0.0602 e. The number of hydrogen-bond donors (Lipinski definition) is 3. The minimum Gasteiger partial charge on any atom is -0.393 e. The summed E-state index contributed by atoms with van der Waals surface area (Å²) in [4.78, 5) is 0. The molecule has 0 aromatic carbocycles. The van der Waals surface area contributed by atoms with Gasteiger partial charge in [0.25, 0.3) is 0 Å². The van der Waals surface area contributed by atoms with Crippen molar-refractivity contribution < 1.29 is 15.3 Å². The van der Waals surface area contributed by atoms with Gasteiger partial charge in [0.1, 0.15) is 0 Å². The Hall–Kier alpha value is -0.640. The molecule has 3 nitrogen and oxygen atoms in total. The summed E-state index contributed by atoms with van der Waals surface area (Å²) in [6.45, 7) is 8.81. The quantitative estimate of drug-likeness (QED) is 0.545. The van der Waals surface area contributed by atoms with Crippen LogP contribution in [0.1, 0.15) is 98.3 Å². The maximum absolute atomic E-state index is 10.0. The summed E-state index contributed by atoms with van der Waals surface area (Å²) in [5.74, 6) is 2.19. The first-order chi connectivity index (χ1) is 13.6. The van der Waals surface area contributed by atoms with Gasteiger partial charge in [-0.2, -0.15) is 0 Å². The molecule has 3 fully saturated rings. The van der Waals surface area contributed by atoms with Crippen LogP contribution in [0.4, 0.5) is 0 Å². The Labute approximate surface area is 178 Å². The van der Waals surface area contributed by atoms with Gasteiger partial charge in [-0.1, -0.05) is 50.0 Å². The fraction of sp³-hybridized carbons (Fsp3) is 0.846. The first kappa shape index (κ1) is 23.0. The van der Waals surface area contributed by atoms with Crippen molar-refractivity contribution in [2.75, 3.05) is 0 Å². The second-order valence-electron chi connectivity index (χ2n) is 11.3. The van der Waals surface area contributed by atoms with Gasteiger partial charge in [0, 0.05) is 0 Å². The van der Waals surface area contributed by atoms with Gasteiger partial charge in [0.05, 0.1) is 17.8 Å². The molecule has 3 aliphatic rings. The van der Waals surface area contributed by atoms with E-state index in [0.29, 0.717) is 36.5 Å². The molecule has 29 heavy (non-hydrogen) atoms. The number of allylic oxidation sites excluding steroid dienone is 3. The Morgan fingerprint density at radius 3 is 2.48 bits per heavy atom. The van der Waals surface area contributed by atoms with Crippen LogP contribution in [0.25, 0.3) is 0 Å². The summed E-state index contributed by atoms with van der Waals surface area (Å²) in [5, 5.41) is 29.9. The fourth-order valence-corrected chi connectivity index (χ4v) is 6.80. The molecule has 3 heteroatoms. The molecule has 0 heterocycles. The van der Waals surface area contributed by atoms with E-state index < -0.39 is 5.60 Å². The van der Waals surface area contributed by atoms with Gasteiger partial charge in [0.15, 0.2) is 0 Å². The Kier molecular flexibility index (Phi) is 7.34. The molecule has 0 aromatic rings. The number of rotatable bonds is 6. The van der Waals surface area contributed by atoms with E-state index in [4.69, 9.17) is 0 Å². The zero-order valence-electron chi connectivity index (χ0n) is 19.2. The Balaban J connectivity index is 1.66. The average molecular weight is 405 g/mol. The molecular formula is C26H44O3. The number of aliphatic hydroxyl groups is 3. The molecule has 6 atom stereocenters. The zero-order valence-corrected chi connectivity index (χ0v) is 19.2. The van der Waals surface area contributed by atoms with E-state index in [2.05, 4.69) is 26.0 Å². The van der Waals surface area contributed by atoms with Crippen molar-refractivity contribution in [2.45, 2.75) is 116 Å². The molecule has 0 saturated heterocycles. The first-order valence-corrected chi connectivity index (χ1v) is 12.1. The van der Waals surface area contributed by atoms with Crippen LogP contribution in [0.15, 0.2) is 23.3 Å². The van der Waals surface area contributed by atoms with Gasteiger partial charge in [-0.15, -0.1) is 0 Å². The van der Waals surface area contributed by atoms with Crippen molar-refractivity contribution in [3.8, 4) is 0 Å². The van der Waals surface area contributed by atoms with Crippen LogP contribution in [0.2, 0.25) is 0 Å². The van der Waals surface area contributed by atoms with E-state index in [1.54, 1.807) is 5.57 Å². The minimum atomic E-state index is -0.545. The molecule has 166 valence electrons. The van der Waals surface area contributed by atoms with Crippen LogP contribution >= 0.6 is 0 Å². The van der Waals surface area contributed by atoms with Gasteiger partial charge >= 0.3 is 0 Å². The van der Waals surface area contributed by atoms with Gasteiger partial charge in [-0.3, -0.25) is 0 Å². The van der Waals surface area contributed by atoms with Crippen LogP contribution in [-0.4, -0.2) is 33.1 Å². The summed E-state index contributed by atoms with van der Waals surface area (Å²) < 4.78 is 0. The van der Waals surface area contributed by atoms with Gasteiger partial charge in [-0.25, -0.2) is 0 Å². The monoisotopic (exact) mass is 404 g/mol. The lowest BCUT2D eigenvalue weighted by molar-refractivity contribution is 0.0591. The van der Waals surface area contributed by atoms with E-state index in [-0.39, 0.29) is 12.2 Å². The molecule has 0 aromatic heterocycles. The molecule has 0 spiro atoms.